The number of hydrogen-bond acceptors (Lipinski definition) is 4. The molecule has 2 fully saturated rings. The fraction of sp³-hybridized carbons (Fsp3) is 0.476. The third-order valence-corrected chi connectivity index (χ3v) is 5.73. The van der Waals surface area contributed by atoms with Crippen LogP contribution < -0.4 is 5.73 Å². The van der Waals surface area contributed by atoms with Crippen LogP contribution in [0.5, 0.6) is 0 Å². The van der Waals surface area contributed by atoms with Crippen molar-refractivity contribution in [1.29, 1.82) is 0 Å². The molecule has 0 unspecified atom stereocenters. The summed E-state index contributed by atoms with van der Waals surface area (Å²) < 4.78 is 0. The van der Waals surface area contributed by atoms with Gasteiger partial charge in [0, 0.05) is 24.2 Å². The molecule has 1 aliphatic heterocycles. The Kier molecular flexibility index (Phi) is 4.87. The highest BCUT2D eigenvalue weighted by Crippen LogP contribution is 2.38. The van der Waals surface area contributed by atoms with E-state index in [1.165, 1.54) is 12.8 Å². The summed E-state index contributed by atoms with van der Waals surface area (Å²) in [5.74, 6) is 0.775. The minimum absolute atomic E-state index is 0.00245. The SMILES string of the molecule is Nc1ncc(-c2ccccc2)c([C@@H]2CCCCN2C(=O)C2CCCC2)n1. The van der Waals surface area contributed by atoms with Gasteiger partial charge < -0.3 is 10.6 Å². The number of nitrogens with zero attached hydrogens (tertiary/aromatic N) is 3. The number of benzene rings is 1. The Bertz CT molecular complexity index is 771. The van der Waals surface area contributed by atoms with Crippen molar-refractivity contribution in [3.05, 3.63) is 42.2 Å². The number of amides is 1. The van der Waals surface area contributed by atoms with Crippen LogP contribution in [0.4, 0.5) is 5.95 Å². The molecule has 2 aromatic rings. The van der Waals surface area contributed by atoms with Crippen molar-refractivity contribution < 1.29 is 4.79 Å². The normalized spacial score (nSPS) is 21.1. The number of aromatic nitrogens is 2. The van der Waals surface area contributed by atoms with Crippen LogP contribution in [0.15, 0.2) is 36.5 Å². The maximum Gasteiger partial charge on any atom is 0.226 e. The fourth-order valence-electron chi connectivity index (χ4n) is 4.39. The largest absolute Gasteiger partial charge is 0.368 e. The number of carbonyl (C=O) groups excluding carboxylic acids is 1. The summed E-state index contributed by atoms with van der Waals surface area (Å²) >= 11 is 0. The molecule has 2 N–H and O–H groups in total. The smallest absolute Gasteiger partial charge is 0.226 e. The fourth-order valence-corrected chi connectivity index (χ4v) is 4.39. The molecule has 0 radical (unpaired) electrons. The first-order chi connectivity index (χ1) is 12.7. The standard InChI is InChI=1S/C21H26N4O/c22-21-23-14-17(15-8-2-1-3-9-15)19(24-21)18-12-6-7-13-25(18)20(26)16-10-4-5-11-16/h1-3,8-9,14,16,18H,4-7,10-13H2,(H2,22,23,24)/t18-/m0/s1. The molecule has 26 heavy (non-hydrogen) atoms. The molecule has 5 heteroatoms. The van der Waals surface area contributed by atoms with Crippen LogP contribution in [0.3, 0.4) is 0 Å². The molecule has 5 nitrogen and oxygen atoms in total. The molecule has 1 aliphatic carbocycles. The van der Waals surface area contributed by atoms with Gasteiger partial charge in [0.05, 0.1) is 11.7 Å². The summed E-state index contributed by atoms with van der Waals surface area (Å²) in [6.45, 7) is 0.818. The van der Waals surface area contributed by atoms with Crippen LogP contribution in [0.25, 0.3) is 11.1 Å². The molecule has 1 saturated heterocycles. The van der Waals surface area contributed by atoms with E-state index in [2.05, 4.69) is 27.0 Å². The highest BCUT2D eigenvalue weighted by atomic mass is 16.2. The quantitative estimate of drug-likeness (QED) is 0.909. The van der Waals surface area contributed by atoms with Crippen LogP contribution in [-0.4, -0.2) is 27.3 Å². The van der Waals surface area contributed by atoms with E-state index in [0.717, 1.165) is 55.5 Å². The van der Waals surface area contributed by atoms with E-state index in [0.29, 0.717) is 5.91 Å². The average molecular weight is 350 g/mol. The van der Waals surface area contributed by atoms with Gasteiger partial charge in [-0.05, 0) is 37.7 Å². The number of likely N-dealkylation sites (tertiary alicyclic amines) is 1. The topological polar surface area (TPSA) is 72.1 Å². The first-order valence-electron chi connectivity index (χ1n) is 9.72. The second kappa shape index (κ2) is 7.44. The Morgan fingerprint density at radius 3 is 2.54 bits per heavy atom. The van der Waals surface area contributed by atoms with Crippen molar-refractivity contribution in [2.24, 2.45) is 5.92 Å². The van der Waals surface area contributed by atoms with Gasteiger partial charge in [-0.1, -0.05) is 43.2 Å². The molecule has 2 aliphatic rings. The van der Waals surface area contributed by atoms with E-state index in [4.69, 9.17) is 5.73 Å². The monoisotopic (exact) mass is 350 g/mol. The molecule has 1 saturated carbocycles. The van der Waals surface area contributed by atoms with Gasteiger partial charge in [0.15, 0.2) is 0 Å². The molecule has 1 aromatic heterocycles. The Morgan fingerprint density at radius 2 is 1.77 bits per heavy atom. The number of rotatable bonds is 3. The molecule has 0 spiro atoms. The zero-order valence-electron chi connectivity index (χ0n) is 15.1. The van der Waals surface area contributed by atoms with Crippen molar-refractivity contribution in [1.82, 2.24) is 14.9 Å². The van der Waals surface area contributed by atoms with Gasteiger partial charge in [0.2, 0.25) is 11.9 Å². The van der Waals surface area contributed by atoms with Gasteiger partial charge in [-0.15, -0.1) is 0 Å². The third kappa shape index (κ3) is 3.30. The Morgan fingerprint density at radius 1 is 1.04 bits per heavy atom. The molecule has 2 heterocycles. The highest BCUT2D eigenvalue weighted by molar-refractivity contribution is 5.80. The van der Waals surface area contributed by atoms with Gasteiger partial charge >= 0.3 is 0 Å². The Labute approximate surface area is 154 Å². The second-order valence-corrected chi connectivity index (χ2v) is 7.42. The van der Waals surface area contributed by atoms with Crippen molar-refractivity contribution >= 4 is 11.9 Å². The molecular weight excluding hydrogens is 324 g/mol. The predicted molar refractivity (Wildman–Crippen MR) is 102 cm³/mol. The number of piperidine rings is 1. The van der Waals surface area contributed by atoms with Crippen LogP contribution in [0, 0.1) is 5.92 Å². The molecular formula is C21H26N4O. The van der Waals surface area contributed by atoms with Crippen LogP contribution in [0.2, 0.25) is 0 Å². The van der Waals surface area contributed by atoms with Crippen molar-refractivity contribution in [3.8, 4) is 11.1 Å². The molecule has 0 bridgehead atoms. The lowest BCUT2D eigenvalue weighted by molar-refractivity contribution is -0.139. The van der Waals surface area contributed by atoms with E-state index >= 15 is 0 Å². The summed E-state index contributed by atoms with van der Waals surface area (Å²) in [7, 11) is 0. The number of hydrogen-bond donors (Lipinski definition) is 1. The summed E-state index contributed by atoms with van der Waals surface area (Å²) in [4.78, 5) is 24.1. The van der Waals surface area contributed by atoms with Crippen molar-refractivity contribution in [2.45, 2.75) is 51.0 Å². The minimum atomic E-state index is -0.00245. The first-order valence-corrected chi connectivity index (χ1v) is 9.72. The zero-order chi connectivity index (χ0) is 17.9. The summed E-state index contributed by atoms with van der Waals surface area (Å²) in [6, 6.07) is 10.1. The summed E-state index contributed by atoms with van der Waals surface area (Å²) in [5.41, 5.74) is 8.88. The van der Waals surface area contributed by atoms with Crippen LogP contribution in [0.1, 0.15) is 56.7 Å². The molecule has 1 aromatic carbocycles. The lowest BCUT2D eigenvalue weighted by Crippen LogP contribution is -2.42. The predicted octanol–water partition coefficient (Wildman–Crippen LogP) is 3.97. The average Bonchev–Trinajstić information content (AvgIpc) is 3.23. The Hall–Kier alpha value is -2.43. The zero-order valence-corrected chi connectivity index (χ0v) is 15.1. The number of nitrogens with two attached hydrogens (primary N) is 1. The van der Waals surface area contributed by atoms with E-state index in [1.54, 1.807) is 6.20 Å². The number of carbonyl (C=O) groups is 1. The highest BCUT2D eigenvalue weighted by Gasteiger charge is 2.35. The van der Waals surface area contributed by atoms with Gasteiger partial charge in [-0.3, -0.25) is 4.79 Å². The van der Waals surface area contributed by atoms with E-state index in [1.807, 2.05) is 18.2 Å². The lowest BCUT2D eigenvalue weighted by Gasteiger charge is -2.37. The van der Waals surface area contributed by atoms with Gasteiger partial charge in [-0.25, -0.2) is 9.97 Å². The second-order valence-electron chi connectivity index (χ2n) is 7.42. The molecule has 4 rings (SSSR count). The minimum Gasteiger partial charge on any atom is -0.368 e. The third-order valence-electron chi connectivity index (χ3n) is 5.73. The van der Waals surface area contributed by atoms with E-state index < -0.39 is 0 Å². The van der Waals surface area contributed by atoms with E-state index in [-0.39, 0.29) is 17.9 Å². The maximum absolute atomic E-state index is 13.2. The first kappa shape index (κ1) is 17.0. The van der Waals surface area contributed by atoms with Gasteiger partial charge in [-0.2, -0.15) is 0 Å². The Balaban J connectivity index is 1.72. The van der Waals surface area contributed by atoms with Crippen molar-refractivity contribution in [3.63, 3.8) is 0 Å². The summed E-state index contributed by atoms with van der Waals surface area (Å²) in [6.07, 6.45) is 9.32. The summed E-state index contributed by atoms with van der Waals surface area (Å²) in [5, 5.41) is 0. The molecule has 1 amide bonds. The lowest BCUT2D eigenvalue weighted by atomic mass is 9.92. The van der Waals surface area contributed by atoms with Crippen LogP contribution in [-0.2, 0) is 4.79 Å². The molecule has 1 atom stereocenters. The maximum atomic E-state index is 13.2. The van der Waals surface area contributed by atoms with Gasteiger partial charge in [0.1, 0.15) is 0 Å². The van der Waals surface area contributed by atoms with Crippen LogP contribution >= 0.6 is 0 Å². The van der Waals surface area contributed by atoms with E-state index in [9.17, 15) is 4.79 Å². The number of anilines is 1. The van der Waals surface area contributed by atoms with Crippen molar-refractivity contribution in [2.75, 3.05) is 12.3 Å². The number of nitrogen functional groups attached to an aromatic ring is 1. The van der Waals surface area contributed by atoms with Gasteiger partial charge in [0.25, 0.3) is 0 Å². The molecule has 136 valence electrons.